The van der Waals surface area contributed by atoms with Crippen LogP contribution >= 0.6 is 11.8 Å². The van der Waals surface area contributed by atoms with Crippen molar-refractivity contribution in [2.45, 2.75) is 31.6 Å². The van der Waals surface area contributed by atoms with Crippen molar-refractivity contribution in [3.8, 4) is 0 Å². The van der Waals surface area contributed by atoms with Gasteiger partial charge in [-0.25, -0.2) is 0 Å². The van der Waals surface area contributed by atoms with Crippen LogP contribution < -0.4 is 5.73 Å². The maximum atomic E-state index is 12.6. The van der Waals surface area contributed by atoms with Gasteiger partial charge >= 0.3 is 0 Å². The van der Waals surface area contributed by atoms with Gasteiger partial charge in [0.25, 0.3) is 0 Å². The third-order valence-electron chi connectivity index (χ3n) is 3.89. The predicted molar refractivity (Wildman–Crippen MR) is 70.0 cm³/mol. The summed E-state index contributed by atoms with van der Waals surface area (Å²) >= 11 is 1.97. The zero-order chi connectivity index (χ0) is 12.5. The van der Waals surface area contributed by atoms with Crippen molar-refractivity contribution in [1.29, 1.82) is 0 Å². The van der Waals surface area contributed by atoms with Crippen molar-refractivity contribution in [1.82, 2.24) is 4.90 Å². The number of hydrogen-bond acceptors (Lipinski definition) is 4. The summed E-state index contributed by atoms with van der Waals surface area (Å²) in [5.41, 5.74) is 5.50. The third-order valence-corrected chi connectivity index (χ3v) is 5.26. The van der Waals surface area contributed by atoms with Gasteiger partial charge in [-0.3, -0.25) is 4.79 Å². The van der Waals surface area contributed by atoms with Crippen LogP contribution in [-0.2, 0) is 9.53 Å². The Labute approximate surface area is 107 Å². The molecule has 2 saturated heterocycles. The number of carbonyl (C=O) groups excluding carboxylic acids is 1. The molecule has 0 bridgehead atoms. The number of hydrogen-bond donors (Lipinski definition) is 1. The summed E-state index contributed by atoms with van der Waals surface area (Å²) in [6.07, 6.45) is 1.12. The molecule has 0 aliphatic carbocycles. The molecule has 2 heterocycles. The molecule has 2 fully saturated rings. The Bertz CT molecular complexity index is 300. The first-order valence-electron chi connectivity index (χ1n) is 6.32. The van der Waals surface area contributed by atoms with Crippen LogP contribution in [0.25, 0.3) is 0 Å². The van der Waals surface area contributed by atoms with E-state index in [9.17, 15) is 4.79 Å². The summed E-state index contributed by atoms with van der Waals surface area (Å²) in [5, 5.41) is 0.579. The first kappa shape index (κ1) is 13.2. The molecular weight excluding hydrogens is 236 g/mol. The van der Waals surface area contributed by atoms with Gasteiger partial charge in [0.1, 0.15) is 0 Å². The maximum Gasteiger partial charge on any atom is 0.232 e. The van der Waals surface area contributed by atoms with Crippen LogP contribution in [0.1, 0.15) is 20.3 Å². The Kier molecular flexibility index (Phi) is 4.00. The average Bonchev–Trinajstić information content (AvgIpc) is 2.70. The Morgan fingerprint density at radius 2 is 2.41 bits per heavy atom. The normalized spacial score (nSPS) is 38.4. The van der Waals surface area contributed by atoms with Gasteiger partial charge in [0, 0.05) is 30.1 Å². The predicted octanol–water partition coefficient (Wildman–Crippen LogP) is 0.704. The molecule has 3 atom stereocenters. The lowest BCUT2D eigenvalue weighted by Crippen LogP contribution is -2.54. The van der Waals surface area contributed by atoms with Gasteiger partial charge in [-0.15, -0.1) is 0 Å². The Morgan fingerprint density at radius 1 is 1.65 bits per heavy atom. The minimum atomic E-state index is -0.514. The Morgan fingerprint density at radius 3 is 3.00 bits per heavy atom. The van der Waals surface area contributed by atoms with Crippen molar-refractivity contribution >= 4 is 17.7 Å². The van der Waals surface area contributed by atoms with Gasteiger partial charge in [-0.1, -0.05) is 6.92 Å². The smallest absolute Gasteiger partial charge is 0.232 e. The SMILES string of the molecule is CCC1CN(C(=O)C2(C)COCC2N)CCS1. The van der Waals surface area contributed by atoms with Gasteiger partial charge in [-0.2, -0.15) is 11.8 Å². The first-order valence-corrected chi connectivity index (χ1v) is 7.37. The minimum Gasteiger partial charge on any atom is -0.379 e. The van der Waals surface area contributed by atoms with Gasteiger partial charge in [0.2, 0.25) is 5.91 Å². The summed E-state index contributed by atoms with van der Waals surface area (Å²) in [7, 11) is 0. The highest BCUT2D eigenvalue weighted by Gasteiger charge is 2.46. The molecule has 2 rings (SSSR count). The molecule has 0 radical (unpaired) electrons. The fourth-order valence-electron chi connectivity index (χ4n) is 2.42. The van der Waals surface area contributed by atoms with Crippen LogP contribution in [0.4, 0.5) is 0 Å². The summed E-state index contributed by atoms with van der Waals surface area (Å²) in [6, 6.07) is -0.162. The van der Waals surface area contributed by atoms with Gasteiger partial charge < -0.3 is 15.4 Å². The van der Waals surface area contributed by atoms with Crippen LogP contribution in [0, 0.1) is 5.41 Å². The topological polar surface area (TPSA) is 55.6 Å². The number of nitrogens with zero attached hydrogens (tertiary/aromatic N) is 1. The number of ether oxygens (including phenoxy) is 1. The van der Waals surface area contributed by atoms with Crippen molar-refractivity contribution in [3.05, 3.63) is 0 Å². The largest absolute Gasteiger partial charge is 0.379 e. The molecule has 4 nitrogen and oxygen atoms in total. The Hall–Kier alpha value is -0.260. The van der Waals surface area contributed by atoms with Crippen LogP contribution in [0.5, 0.6) is 0 Å². The highest BCUT2D eigenvalue weighted by atomic mass is 32.2. The van der Waals surface area contributed by atoms with E-state index in [0.29, 0.717) is 18.5 Å². The van der Waals surface area contributed by atoms with Crippen LogP contribution in [0.15, 0.2) is 0 Å². The van der Waals surface area contributed by atoms with E-state index in [4.69, 9.17) is 10.5 Å². The molecule has 98 valence electrons. The van der Waals surface area contributed by atoms with Crippen LogP contribution in [0.2, 0.25) is 0 Å². The summed E-state index contributed by atoms with van der Waals surface area (Å²) in [4.78, 5) is 14.5. The van der Waals surface area contributed by atoms with E-state index in [1.165, 1.54) is 0 Å². The zero-order valence-electron chi connectivity index (χ0n) is 10.6. The first-order chi connectivity index (χ1) is 8.08. The fourth-order valence-corrected chi connectivity index (χ4v) is 3.60. The third kappa shape index (κ3) is 2.46. The second-order valence-corrected chi connectivity index (χ2v) is 6.60. The molecular formula is C12H22N2O2S. The molecule has 0 spiro atoms. The van der Waals surface area contributed by atoms with E-state index in [2.05, 4.69) is 6.92 Å². The highest BCUT2D eigenvalue weighted by Crippen LogP contribution is 2.31. The lowest BCUT2D eigenvalue weighted by atomic mass is 9.84. The van der Waals surface area contributed by atoms with Crippen molar-refractivity contribution in [2.75, 3.05) is 32.1 Å². The van der Waals surface area contributed by atoms with Gasteiger partial charge in [0.15, 0.2) is 0 Å². The van der Waals surface area contributed by atoms with E-state index in [-0.39, 0.29) is 11.9 Å². The van der Waals surface area contributed by atoms with Crippen molar-refractivity contribution in [2.24, 2.45) is 11.1 Å². The molecule has 2 N–H and O–H groups in total. The standard InChI is InChI=1S/C12H22N2O2S/c1-3-9-6-14(4-5-17-9)11(15)12(2)8-16-7-10(12)13/h9-10H,3-8,13H2,1-2H3. The van der Waals surface area contributed by atoms with Crippen LogP contribution in [0.3, 0.4) is 0 Å². The van der Waals surface area contributed by atoms with E-state index in [1.807, 2.05) is 23.6 Å². The van der Waals surface area contributed by atoms with Gasteiger partial charge in [0.05, 0.1) is 18.6 Å². The van der Waals surface area contributed by atoms with Crippen molar-refractivity contribution in [3.63, 3.8) is 0 Å². The molecule has 2 aliphatic heterocycles. The highest BCUT2D eigenvalue weighted by molar-refractivity contribution is 8.00. The molecule has 5 heteroatoms. The number of carbonyl (C=O) groups is 1. The maximum absolute atomic E-state index is 12.6. The van der Waals surface area contributed by atoms with E-state index in [1.54, 1.807) is 0 Å². The molecule has 2 aliphatic rings. The van der Waals surface area contributed by atoms with E-state index < -0.39 is 5.41 Å². The second kappa shape index (κ2) is 5.16. The average molecular weight is 258 g/mol. The zero-order valence-corrected chi connectivity index (χ0v) is 11.5. The molecule has 1 amide bonds. The van der Waals surface area contributed by atoms with Gasteiger partial charge in [-0.05, 0) is 13.3 Å². The number of nitrogens with two attached hydrogens (primary N) is 1. The lowest BCUT2D eigenvalue weighted by Gasteiger charge is -2.37. The molecule has 0 aromatic heterocycles. The summed E-state index contributed by atoms with van der Waals surface area (Å²) in [5.74, 6) is 1.22. The van der Waals surface area contributed by atoms with Crippen molar-refractivity contribution < 1.29 is 9.53 Å². The number of amides is 1. The molecule has 0 saturated carbocycles. The summed E-state index contributed by atoms with van der Waals surface area (Å²) < 4.78 is 5.36. The van der Waals surface area contributed by atoms with E-state index in [0.717, 1.165) is 25.3 Å². The minimum absolute atomic E-state index is 0.162. The molecule has 0 aromatic carbocycles. The number of rotatable bonds is 2. The number of thioether (sulfide) groups is 1. The van der Waals surface area contributed by atoms with E-state index >= 15 is 0 Å². The fraction of sp³-hybridized carbons (Fsp3) is 0.917. The molecule has 17 heavy (non-hydrogen) atoms. The molecule has 0 aromatic rings. The van der Waals surface area contributed by atoms with Crippen LogP contribution in [-0.4, -0.2) is 54.2 Å². The second-order valence-electron chi connectivity index (χ2n) is 5.19. The Balaban J connectivity index is 2.04. The summed E-state index contributed by atoms with van der Waals surface area (Å²) in [6.45, 7) is 6.80. The monoisotopic (exact) mass is 258 g/mol. The molecule has 3 unspecified atom stereocenters. The quantitative estimate of drug-likeness (QED) is 0.792. The lowest BCUT2D eigenvalue weighted by molar-refractivity contribution is -0.141.